The highest BCUT2D eigenvalue weighted by atomic mass is 16.3. The highest BCUT2D eigenvalue weighted by molar-refractivity contribution is 6.04. The number of hydrogen-bond donors (Lipinski definition) is 2. The number of pyridine rings is 1. The fraction of sp³-hybridized carbons (Fsp3) is 0.357. The highest BCUT2D eigenvalue weighted by Gasteiger charge is 2.35. The van der Waals surface area contributed by atoms with E-state index in [0.717, 1.165) is 36.8 Å². The molecule has 1 saturated carbocycles. The summed E-state index contributed by atoms with van der Waals surface area (Å²) in [6.45, 7) is 3.54. The van der Waals surface area contributed by atoms with Gasteiger partial charge in [-0.15, -0.1) is 0 Å². The molecular formula is C28H32N4O4. The van der Waals surface area contributed by atoms with Crippen LogP contribution in [-0.4, -0.2) is 35.3 Å². The quantitative estimate of drug-likeness (QED) is 0.493. The minimum atomic E-state index is -0.927. The van der Waals surface area contributed by atoms with Gasteiger partial charge in [0, 0.05) is 24.1 Å². The van der Waals surface area contributed by atoms with E-state index in [1.54, 1.807) is 30.6 Å². The number of nitrogens with zero attached hydrogens (tertiary/aromatic N) is 2. The van der Waals surface area contributed by atoms with Crippen LogP contribution in [0.15, 0.2) is 65.5 Å². The molecule has 2 aromatic heterocycles. The lowest BCUT2D eigenvalue weighted by molar-refractivity contribution is -0.127. The molecule has 2 heterocycles. The normalized spacial score (nSPS) is 14.6. The summed E-state index contributed by atoms with van der Waals surface area (Å²) in [4.78, 5) is 45.7. The Morgan fingerprint density at radius 1 is 1.06 bits per heavy atom. The molecule has 0 spiro atoms. The number of amides is 3. The minimum Gasteiger partial charge on any atom is -0.459 e. The molecule has 3 aromatic rings. The maximum atomic E-state index is 13.8. The third kappa shape index (κ3) is 6.00. The number of aryl methyl sites for hydroxylation is 2. The fourth-order valence-electron chi connectivity index (χ4n) is 4.62. The lowest BCUT2D eigenvalue weighted by atomic mass is 9.94. The molecule has 1 aromatic carbocycles. The molecule has 0 unspecified atom stereocenters. The molecule has 0 radical (unpaired) electrons. The topological polar surface area (TPSA) is 105 Å². The summed E-state index contributed by atoms with van der Waals surface area (Å²) in [6, 6.07) is 11.6. The monoisotopic (exact) mass is 488 g/mol. The third-order valence-electron chi connectivity index (χ3n) is 6.52. The van der Waals surface area contributed by atoms with Crippen LogP contribution in [0.4, 0.5) is 5.69 Å². The molecule has 1 atom stereocenters. The number of carbonyl (C=O) groups is 3. The first kappa shape index (κ1) is 25.2. The summed E-state index contributed by atoms with van der Waals surface area (Å²) in [6.07, 6.45) is 9.78. The average Bonchev–Trinajstić information content (AvgIpc) is 3.43. The van der Waals surface area contributed by atoms with Gasteiger partial charge < -0.3 is 15.1 Å². The predicted molar refractivity (Wildman–Crippen MR) is 136 cm³/mol. The lowest BCUT2D eigenvalue weighted by Crippen LogP contribution is -2.50. The van der Waals surface area contributed by atoms with Gasteiger partial charge in [0.05, 0.1) is 12.8 Å². The zero-order valence-electron chi connectivity index (χ0n) is 20.7. The third-order valence-corrected chi connectivity index (χ3v) is 6.52. The van der Waals surface area contributed by atoms with E-state index in [1.165, 1.54) is 23.7 Å². The van der Waals surface area contributed by atoms with Crippen LogP contribution in [0.25, 0.3) is 0 Å². The molecule has 2 N–H and O–H groups in total. The first-order chi connectivity index (χ1) is 17.4. The van der Waals surface area contributed by atoms with Gasteiger partial charge in [-0.25, -0.2) is 0 Å². The summed E-state index contributed by atoms with van der Waals surface area (Å²) in [5.74, 6) is -1.05. The summed E-state index contributed by atoms with van der Waals surface area (Å²) in [5, 5.41) is 5.82. The average molecular weight is 489 g/mol. The van der Waals surface area contributed by atoms with Crippen molar-refractivity contribution in [3.8, 4) is 0 Å². The van der Waals surface area contributed by atoms with Crippen molar-refractivity contribution in [1.82, 2.24) is 15.6 Å². The second-order valence-electron chi connectivity index (χ2n) is 9.24. The van der Waals surface area contributed by atoms with E-state index < -0.39 is 17.9 Å². The van der Waals surface area contributed by atoms with Crippen molar-refractivity contribution in [2.45, 2.75) is 58.0 Å². The molecule has 1 aliphatic rings. The Balaban J connectivity index is 1.70. The van der Waals surface area contributed by atoms with E-state index in [1.807, 2.05) is 32.0 Å². The Morgan fingerprint density at radius 2 is 1.81 bits per heavy atom. The zero-order valence-corrected chi connectivity index (χ0v) is 20.7. The van der Waals surface area contributed by atoms with Crippen LogP contribution in [0.1, 0.15) is 65.4 Å². The van der Waals surface area contributed by atoms with Gasteiger partial charge in [0.1, 0.15) is 6.04 Å². The second kappa shape index (κ2) is 11.7. The predicted octanol–water partition coefficient (Wildman–Crippen LogP) is 4.24. The molecule has 0 saturated heterocycles. The summed E-state index contributed by atoms with van der Waals surface area (Å²) in [7, 11) is 0. The number of carbonyl (C=O) groups excluding carboxylic acids is 3. The van der Waals surface area contributed by atoms with E-state index in [2.05, 4.69) is 15.6 Å². The molecule has 8 heteroatoms. The molecular weight excluding hydrogens is 456 g/mol. The van der Waals surface area contributed by atoms with Crippen LogP contribution >= 0.6 is 0 Å². The van der Waals surface area contributed by atoms with Crippen LogP contribution < -0.4 is 15.5 Å². The Kier molecular flexibility index (Phi) is 8.15. The molecule has 1 fully saturated rings. The molecule has 188 valence electrons. The van der Waals surface area contributed by atoms with E-state index in [9.17, 15) is 14.4 Å². The van der Waals surface area contributed by atoms with Gasteiger partial charge in [-0.2, -0.15) is 0 Å². The first-order valence-corrected chi connectivity index (χ1v) is 12.4. The smallest absolute Gasteiger partial charge is 0.287 e. The maximum absolute atomic E-state index is 13.8. The zero-order chi connectivity index (χ0) is 25.5. The van der Waals surface area contributed by atoms with Crippen molar-refractivity contribution in [3.63, 3.8) is 0 Å². The standard InChI is InChI=1S/C28H32N4O4/c1-19-10-11-20(2)23(17-19)32(25(33)18-30-27(34)24-9-6-16-36-24)26(21-12-14-29-15-13-21)28(35)31-22-7-4-3-5-8-22/h6,9-17,22,26H,3-5,7-8,18H2,1-2H3,(H,30,34)(H,31,35)/t26-/m1/s1. The van der Waals surface area contributed by atoms with Gasteiger partial charge in [-0.1, -0.05) is 31.4 Å². The fourth-order valence-corrected chi connectivity index (χ4v) is 4.62. The summed E-state index contributed by atoms with van der Waals surface area (Å²) >= 11 is 0. The Morgan fingerprint density at radius 3 is 2.50 bits per heavy atom. The molecule has 36 heavy (non-hydrogen) atoms. The number of furan rings is 1. The van der Waals surface area contributed by atoms with Gasteiger partial charge in [0.25, 0.3) is 5.91 Å². The maximum Gasteiger partial charge on any atom is 0.287 e. The minimum absolute atomic E-state index is 0.0739. The number of rotatable bonds is 8. The molecule has 8 nitrogen and oxygen atoms in total. The van der Waals surface area contributed by atoms with Crippen LogP contribution in [0, 0.1) is 13.8 Å². The molecule has 0 aliphatic heterocycles. The van der Waals surface area contributed by atoms with E-state index in [4.69, 9.17) is 4.42 Å². The second-order valence-corrected chi connectivity index (χ2v) is 9.24. The lowest BCUT2D eigenvalue weighted by Gasteiger charge is -2.34. The van der Waals surface area contributed by atoms with Crippen LogP contribution in [0.5, 0.6) is 0 Å². The number of aromatic nitrogens is 1. The molecule has 3 amide bonds. The van der Waals surface area contributed by atoms with Crippen molar-refractivity contribution < 1.29 is 18.8 Å². The van der Waals surface area contributed by atoms with Crippen molar-refractivity contribution in [3.05, 3.63) is 83.6 Å². The van der Waals surface area contributed by atoms with E-state index in [0.29, 0.717) is 11.3 Å². The van der Waals surface area contributed by atoms with Crippen LogP contribution in [0.2, 0.25) is 0 Å². The van der Waals surface area contributed by atoms with Gasteiger partial charge in [-0.05, 0) is 73.7 Å². The largest absolute Gasteiger partial charge is 0.459 e. The van der Waals surface area contributed by atoms with Gasteiger partial charge in [-0.3, -0.25) is 24.3 Å². The SMILES string of the molecule is Cc1ccc(C)c(N(C(=O)CNC(=O)c2ccco2)[C@@H](C(=O)NC2CCCCC2)c2ccncc2)c1. The highest BCUT2D eigenvalue weighted by Crippen LogP contribution is 2.32. The number of nitrogens with one attached hydrogen (secondary N) is 2. The Bertz CT molecular complexity index is 1190. The van der Waals surface area contributed by atoms with Crippen molar-refractivity contribution in [2.75, 3.05) is 11.4 Å². The van der Waals surface area contributed by atoms with E-state index >= 15 is 0 Å². The number of hydrogen-bond acceptors (Lipinski definition) is 5. The van der Waals surface area contributed by atoms with Crippen molar-refractivity contribution >= 4 is 23.4 Å². The summed E-state index contributed by atoms with van der Waals surface area (Å²) < 4.78 is 5.14. The van der Waals surface area contributed by atoms with Crippen molar-refractivity contribution in [1.29, 1.82) is 0 Å². The van der Waals surface area contributed by atoms with Crippen molar-refractivity contribution in [2.24, 2.45) is 0 Å². The Labute approximate surface area is 211 Å². The first-order valence-electron chi connectivity index (χ1n) is 12.4. The van der Waals surface area contributed by atoms with Gasteiger partial charge in [0.15, 0.2) is 5.76 Å². The van der Waals surface area contributed by atoms with E-state index in [-0.39, 0.29) is 24.3 Å². The number of anilines is 1. The molecule has 1 aliphatic carbocycles. The number of benzene rings is 1. The van der Waals surface area contributed by atoms with Crippen LogP contribution in [0.3, 0.4) is 0 Å². The van der Waals surface area contributed by atoms with Gasteiger partial charge in [0.2, 0.25) is 11.8 Å². The summed E-state index contributed by atoms with van der Waals surface area (Å²) in [5.41, 5.74) is 3.06. The van der Waals surface area contributed by atoms with Crippen LogP contribution in [-0.2, 0) is 9.59 Å². The Hall–Kier alpha value is -3.94. The molecule has 0 bridgehead atoms. The van der Waals surface area contributed by atoms with Gasteiger partial charge >= 0.3 is 0 Å². The molecule has 4 rings (SSSR count).